The number of rotatable bonds is 2. The molecule has 114 valence electrons. The van der Waals surface area contributed by atoms with E-state index >= 15 is 0 Å². The van der Waals surface area contributed by atoms with Gasteiger partial charge < -0.3 is 9.64 Å². The lowest BCUT2D eigenvalue weighted by Gasteiger charge is -2.16. The van der Waals surface area contributed by atoms with E-state index in [9.17, 15) is 4.79 Å². The van der Waals surface area contributed by atoms with E-state index in [-0.39, 0.29) is 11.6 Å². The van der Waals surface area contributed by atoms with E-state index in [4.69, 9.17) is 4.74 Å². The first-order valence-corrected chi connectivity index (χ1v) is 7.97. The molecule has 0 atom stereocenters. The summed E-state index contributed by atoms with van der Waals surface area (Å²) in [5.41, 5.74) is 1.05. The largest absolute Gasteiger partial charge is 0.493 e. The highest BCUT2D eigenvalue weighted by atomic mass is 32.2. The van der Waals surface area contributed by atoms with Crippen molar-refractivity contribution >= 4 is 22.7 Å². The van der Waals surface area contributed by atoms with E-state index in [1.807, 2.05) is 25.3 Å². The van der Waals surface area contributed by atoms with Gasteiger partial charge in [-0.15, -0.1) is 11.8 Å². The Bertz CT molecular complexity index is 518. The van der Waals surface area contributed by atoms with Gasteiger partial charge in [-0.3, -0.25) is 4.79 Å². The van der Waals surface area contributed by atoms with Gasteiger partial charge in [0.25, 0.3) is 5.91 Å². The molecule has 0 aliphatic carbocycles. The molecule has 0 unspecified atom stereocenters. The fourth-order valence-corrected chi connectivity index (χ4v) is 2.45. The molecule has 1 heterocycles. The molecule has 1 aliphatic heterocycles. The maximum Gasteiger partial charge on any atom is 0.271 e. The smallest absolute Gasteiger partial charge is 0.271 e. The first kappa shape index (κ1) is 17.3. The number of aliphatic imine (C=N–C) groups is 1. The van der Waals surface area contributed by atoms with Gasteiger partial charge in [0.1, 0.15) is 16.5 Å². The molecule has 1 rings (SSSR count). The number of carbonyl (C=O) groups is 1. The summed E-state index contributed by atoms with van der Waals surface area (Å²) in [5.74, 6) is 0.509. The summed E-state index contributed by atoms with van der Waals surface area (Å²) < 4.78 is 5.79. The molecule has 21 heavy (non-hydrogen) atoms. The fraction of sp³-hybridized carbons (Fsp3) is 0.375. The molecule has 0 aromatic rings. The molecule has 1 amide bonds. The Hall–Kier alpha value is -1.75. The molecular formula is C16H22N2O2S. The minimum absolute atomic E-state index is 0.163. The van der Waals surface area contributed by atoms with Crippen LogP contribution in [-0.4, -0.2) is 42.3 Å². The van der Waals surface area contributed by atoms with Crippen LogP contribution < -0.4 is 0 Å². The minimum Gasteiger partial charge on any atom is -0.493 e. The van der Waals surface area contributed by atoms with Crippen molar-refractivity contribution in [1.82, 2.24) is 4.90 Å². The van der Waals surface area contributed by atoms with Crippen LogP contribution in [0.4, 0.5) is 0 Å². The zero-order valence-corrected chi connectivity index (χ0v) is 13.7. The third-order valence-electron chi connectivity index (χ3n) is 2.93. The number of thioether (sulfide) groups is 1. The van der Waals surface area contributed by atoms with Gasteiger partial charge in [-0.25, -0.2) is 4.99 Å². The first-order valence-electron chi connectivity index (χ1n) is 6.74. The lowest BCUT2D eigenvalue weighted by molar-refractivity contribution is -0.126. The molecule has 0 saturated carbocycles. The number of hydrogen-bond donors (Lipinski definition) is 0. The molecule has 0 spiro atoms. The van der Waals surface area contributed by atoms with E-state index in [2.05, 4.69) is 18.2 Å². The van der Waals surface area contributed by atoms with Crippen molar-refractivity contribution in [2.75, 3.05) is 26.5 Å². The summed E-state index contributed by atoms with van der Waals surface area (Å²) in [6, 6.07) is 0. The Labute approximate surface area is 131 Å². The molecule has 0 saturated heterocycles. The zero-order chi connectivity index (χ0) is 15.8. The van der Waals surface area contributed by atoms with E-state index in [1.54, 1.807) is 18.0 Å². The van der Waals surface area contributed by atoms with E-state index in [0.717, 1.165) is 12.0 Å². The summed E-state index contributed by atoms with van der Waals surface area (Å²) in [7, 11) is 1.74. The lowest BCUT2D eigenvalue weighted by Crippen LogP contribution is -2.29. The van der Waals surface area contributed by atoms with Crippen LogP contribution >= 0.6 is 11.8 Å². The summed E-state index contributed by atoms with van der Waals surface area (Å²) >= 11 is 1.45. The van der Waals surface area contributed by atoms with Crippen molar-refractivity contribution in [3.05, 3.63) is 48.4 Å². The van der Waals surface area contributed by atoms with Crippen LogP contribution in [0.5, 0.6) is 0 Å². The fourth-order valence-electron chi connectivity index (χ4n) is 1.86. The standard InChI is InChI=1S/C16H22N2O2S/c1-6-9-13-14(7-2)20-11-8-10-18(4)16(19)12(3)17-15(13)21-5/h6-7,9H,2-3,8,10-11H2,1,4-5H3/b9-6-,14-13-,17-15-. The summed E-state index contributed by atoms with van der Waals surface area (Å²) in [6.07, 6.45) is 8.14. The molecule has 0 radical (unpaired) electrons. The van der Waals surface area contributed by atoms with Gasteiger partial charge in [0.2, 0.25) is 0 Å². The number of amides is 1. The number of likely N-dealkylation sites (N-methyl/N-ethyl adjacent to an activating group) is 1. The third kappa shape index (κ3) is 4.63. The SMILES string of the molecule is C=C/C1=C(\C=C/C)C(/SC)=N/C(=C)C(=O)N(C)CCCO1. The Kier molecular flexibility index (Phi) is 7.02. The summed E-state index contributed by atoms with van der Waals surface area (Å²) in [5, 5.41) is 0.691. The van der Waals surface area contributed by atoms with Crippen molar-refractivity contribution in [2.24, 2.45) is 4.99 Å². The normalized spacial score (nSPS) is 24.3. The number of allylic oxidation sites excluding steroid dienone is 3. The van der Waals surface area contributed by atoms with Crippen molar-refractivity contribution in [1.29, 1.82) is 0 Å². The lowest BCUT2D eigenvalue weighted by atomic mass is 10.2. The van der Waals surface area contributed by atoms with Crippen LogP contribution in [0.25, 0.3) is 0 Å². The molecule has 1 aliphatic rings. The second kappa shape index (κ2) is 8.52. The monoisotopic (exact) mass is 306 g/mol. The highest BCUT2D eigenvalue weighted by Gasteiger charge is 2.17. The Morgan fingerprint density at radius 3 is 2.76 bits per heavy atom. The molecule has 0 aromatic heterocycles. The van der Waals surface area contributed by atoms with Crippen molar-refractivity contribution < 1.29 is 9.53 Å². The van der Waals surface area contributed by atoms with Gasteiger partial charge in [0, 0.05) is 19.2 Å². The van der Waals surface area contributed by atoms with Gasteiger partial charge in [-0.1, -0.05) is 25.3 Å². The second-order valence-corrected chi connectivity index (χ2v) is 5.27. The Balaban J connectivity index is 3.36. The second-order valence-electron chi connectivity index (χ2n) is 4.48. The number of carbonyl (C=O) groups excluding carboxylic acids is 1. The van der Waals surface area contributed by atoms with Crippen LogP contribution in [0.3, 0.4) is 0 Å². The van der Waals surface area contributed by atoms with Gasteiger partial charge >= 0.3 is 0 Å². The average molecular weight is 306 g/mol. The molecule has 0 aromatic carbocycles. The van der Waals surface area contributed by atoms with Crippen molar-refractivity contribution in [2.45, 2.75) is 13.3 Å². The van der Waals surface area contributed by atoms with E-state index in [1.165, 1.54) is 11.8 Å². The van der Waals surface area contributed by atoms with E-state index < -0.39 is 0 Å². The summed E-state index contributed by atoms with van der Waals surface area (Å²) in [4.78, 5) is 18.2. The predicted molar refractivity (Wildman–Crippen MR) is 90.3 cm³/mol. The Morgan fingerprint density at radius 1 is 1.48 bits per heavy atom. The van der Waals surface area contributed by atoms with Crippen LogP contribution in [-0.2, 0) is 9.53 Å². The van der Waals surface area contributed by atoms with Gasteiger partial charge in [-0.2, -0.15) is 0 Å². The van der Waals surface area contributed by atoms with Crippen molar-refractivity contribution in [3.63, 3.8) is 0 Å². The maximum atomic E-state index is 12.2. The number of ether oxygens (including phenoxy) is 1. The third-order valence-corrected chi connectivity index (χ3v) is 3.63. The highest BCUT2D eigenvalue weighted by molar-refractivity contribution is 8.13. The van der Waals surface area contributed by atoms with Gasteiger partial charge in [0.15, 0.2) is 0 Å². The number of hydrogen-bond acceptors (Lipinski definition) is 4. The molecule has 4 nitrogen and oxygen atoms in total. The maximum absolute atomic E-state index is 12.2. The molecule has 0 bridgehead atoms. The molecule has 0 N–H and O–H groups in total. The minimum atomic E-state index is -0.163. The van der Waals surface area contributed by atoms with E-state index in [0.29, 0.717) is 24.0 Å². The quantitative estimate of drug-likeness (QED) is 0.736. The summed E-state index contributed by atoms with van der Waals surface area (Å²) in [6.45, 7) is 10.6. The van der Waals surface area contributed by atoms with Crippen LogP contribution in [0.15, 0.2) is 53.4 Å². The van der Waals surface area contributed by atoms with Gasteiger partial charge in [-0.05, 0) is 25.7 Å². The topological polar surface area (TPSA) is 41.9 Å². The zero-order valence-electron chi connectivity index (χ0n) is 12.9. The Morgan fingerprint density at radius 2 is 2.19 bits per heavy atom. The van der Waals surface area contributed by atoms with Crippen LogP contribution in [0.2, 0.25) is 0 Å². The van der Waals surface area contributed by atoms with Crippen LogP contribution in [0, 0.1) is 0 Å². The van der Waals surface area contributed by atoms with Gasteiger partial charge in [0.05, 0.1) is 6.61 Å². The predicted octanol–water partition coefficient (Wildman–Crippen LogP) is 3.16. The van der Waals surface area contributed by atoms with Crippen molar-refractivity contribution in [3.8, 4) is 0 Å². The molecule has 0 fully saturated rings. The molecular weight excluding hydrogens is 284 g/mol. The number of nitrogens with zero attached hydrogens (tertiary/aromatic N) is 2. The average Bonchev–Trinajstić information content (AvgIpc) is 2.50. The highest BCUT2D eigenvalue weighted by Crippen LogP contribution is 2.21. The molecule has 5 heteroatoms. The van der Waals surface area contributed by atoms with Crippen LogP contribution in [0.1, 0.15) is 13.3 Å². The first-order chi connectivity index (χ1) is 10.0.